The summed E-state index contributed by atoms with van der Waals surface area (Å²) in [6.45, 7) is 14.7. The van der Waals surface area contributed by atoms with Gasteiger partial charge in [-0.2, -0.15) is 0 Å². The van der Waals surface area contributed by atoms with Crippen LogP contribution in [0.15, 0.2) is 47.2 Å². The molecular formula is C24H36O5Si. The maximum Gasteiger partial charge on any atom is 0.337 e. The van der Waals surface area contributed by atoms with Gasteiger partial charge in [-0.05, 0) is 44.4 Å². The lowest BCUT2D eigenvalue weighted by Gasteiger charge is -2.18. The summed E-state index contributed by atoms with van der Waals surface area (Å²) < 4.78 is 16.5. The molecule has 0 aliphatic heterocycles. The van der Waals surface area contributed by atoms with Crippen LogP contribution in [-0.2, 0) is 23.8 Å². The van der Waals surface area contributed by atoms with Gasteiger partial charge in [0.05, 0.1) is 12.2 Å². The van der Waals surface area contributed by atoms with Crippen molar-refractivity contribution in [3.05, 3.63) is 52.8 Å². The molecule has 0 aliphatic carbocycles. The molecule has 1 aromatic rings. The minimum absolute atomic E-state index is 0.0109. The Bertz CT molecular complexity index is 773. The van der Waals surface area contributed by atoms with Gasteiger partial charge >= 0.3 is 5.97 Å². The van der Waals surface area contributed by atoms with E-state index in [0.717, 1.165) is 17.2 Å². The van der Waals surface area contributed by atoms with Gasteiger partial charge in [-0.3, -0.25) is 4.79 Å². The van der Waals surface area contributed by atoms with E-state index in [0.29, 0.717) is 18.6 Å². The molecular weight excluding hydrogens is 396 g/mol. The molecule has 0 heterocycles. The van der Waals surface area contributed by atoms with Crippen LogP contribution in [0.3, 0.4) is 0 Å². The SMILES string of the molecule is CCOC(=O)/C(CC)=C(\OCOCC[Si](C)(C)C)C(=O)/C(C)=C(\C)c1ccccc1. The molecule has 0 amide bonds. The second-order valence-electron chi connectivity index (χ2n) is 8.31. The van der Waals surface area contributed by atoms with E-state index in [1.807, 2.05) is 37.3 Å². The summed E-state index contributed by atoms with van der Waals surface area (Å²) in [5, 5.41) is 0. The molecule has 0 atom stereocenters. The van der Waals surface area contributed by atoms with E-state index in [-0.39, 0.29) is 30.5 Å². The van der Waals surface area contributed by atoms with E-state index in [2.05, 4.69) is 19.6 Å². The van der Waals surface area contributed by atoms with Crippen molar-refractivity contribution in [1.29, 1.82) is 0 Å². The summed E-state index contributed by atoms with van der Waals surface area (Å²) in [5.41, 5.74) is 2.54. The molecule has 0 bridgehead atoms. The zero-order chi connectivity index (χ0) is 22.7. The number of esters is 1. The first-order valence-electron chi connectivity index (χ1n) is 10.5. The first-order chi connectivity index (χ1) is 14.1. The fourth-order valence-electron chi connectivity index (χ4n) is 2.69. The van der Waals surface area contributed by atoms with Crippen molar-refractivity contribution in [1.82, 2.24) is 0 Å². The van der Waals surface area contributed by atoms with Crippen LogP contribution in [0.4, 0.5) is 0 Å². The number of hydrogen-bond donors (Lipinski definition) is 0. The predicted molar refractivity (Wildman–Crippen MR) is 124 cm³/mol. The Balaban J connectivity index is 3.15. The Morgan fingerprint density at radius 3 is 2.13 bits per heavy atom. The zero-order valence-electron chi connectivity index (χ0n) is 19.5. The third-order valence-corrected chi connectivity index (χ3v) is 6.45. The Labute approximate surface area is 182 Å². The quantitative estimate of drug-likeness (QED) is 0.107. The number of ketones is 1. The van der Waals surface area contributed by atoms with Crippen LogP contribution in [0.2, 0.25) is 25.7 Å². The minimum atomic E-state index is -1.22. The molecule has 0 aliphatic rings. The van der Waals surface area contributed by atoms with Crippen LogP contribution >= 0.6 is 0 Å². The first-order valence-corrected chi connectivity index (χ1v) is 14.2. The lowest BCUT2D eigenvalue weighted by Crippen LogP contribution is -2.23. The van der Waals surface area contributed by atoms with Crippen molar-refractivity contribution in [3.63, 3.8) is 0 Å². The number of carbonyl (C=O) groups excluding carboxylic acids is 2. The highest BCUT2D eigenvalue weighted by atomic mass is 28.3. The molecule has 0 saturated carbocycles. The zero-order valence-corrected chi connectivity index (χ0v) is 20.5. The molecule has 0 saturated heterocycles. The maximum atomic E-state index is 13.3. The van der Waals surface area contributed by atoms with E-state index in [1.54, 1.807) is 20.8 Å². The molecule has 0 unspecified atom stereocenters. The first kappa shape index (κ1) is 25.9. The molecule has 0 radical (unpaired) electrons. The highest BCUT2D eigenvalue weighted by Crippen LogP contribution is 2.24. The third-order valence-electron chi connectivity index (χ3n) is 4.75. The number of hydrogen-bond acceptors (Lipinski definition) is 5. The molecule has 5 nitrogen and oxygen atoms in total. The van der Waals surface area contributed by atoms with Crippen LogP contribution in [0.5, 0.6) is 0 Å². The van der Waals surface area contributed by atoms with Gasteiger partial charge in [-0.15, -0.1) is 0 Å². The van der Waals surface area contributed by atoms with Crippen molar-refractivity contribution < 1.29 is 23.8 Å². The molecule has 0 fully saturated rings. The molecule has 0 aromatic heterocycles. The molecule has 166 valence electrons. The third kappa shape index (κ3) is 8.28. The monoisotopic (exact) mass is 432 g/mol. The van der Waals surface area contributed by atoms with Crippen molar-refractivity contribution in [3.8, 4) is 0 Å². The van der Waals surface area contributed by atoms with Gasteiger partial charge in [0, 0.05) is 20.3 Å². The molecule has 6 heteroatoms. The van der Waals surface area contributed by atoms with Gasteiger partial charge in [0.1, 0.15) is 0 Å². The average molecular weight is 433 g/mol. The number of ether oxygens (including phenoxy) is 3. The lowest BCUT2D eigenvalue weighted by atomic mass is 9.97. The van der Waals surface area contributed by atoms with Crippen molar-refractivity contribution in [2.45, 2.75) is 59.8 Å². The topological polar surface area (TPSA) is 61.8 Å². The smallest absolute Gasteiger partial charge is 0.337 e. The highest BCUT2D eigenvalue weighted by Gasteiger charge is 2.25. The van der Waals surface area contributed by atoms with Gasteiger partial charge in [0.25, 0.3) is 0 Å². The van der Waals surface area contributed by atoms with Crippen LogP contribution < -0.4 is 0 Å². The normalized spacial score (nSPS) is 13.3. The fourth-order valence-corrected chi connectivity index (χ4v) is 3.45. The molecule has 0 N–H and O–H groups in total. The van der Waals surface area contributed by atoms with Gasteiger partial charge < -0.3 is 14.2 Å². The number of rotatable bonds is 12. The average Bonchev–Trinajstić information content (AvgIpc) is 2.71. The largest absolute Gasteiger partial charge is 0.463 e. The van der Waals surface area contributed by atoms with Gasteiger partial charge in [-0.1, -0.05) is 56.9 Å². The van der Waals surface area contributed by atoms with E-state index < -0.39 is 14.0 Å². The van der Waals surface area contributed by atoms with E-state index >= 15 is 0 Å². The van der Waals surface area contributed by atoms with Crippen molar-refractivity contribution in [2.24, 2.45) is 0 Å². The summed E-state index contributed by atoms with van der Waals surface area (Å²) in [4.78, 5) is 25.7. The lowest BCUT2D eigenvalue weighted by molar-refractivity contribution is -0.139. The molecule has 1 aromatic carbocycles. The molecule has 30 heavy (non-hydrogen) atoms. The van der Waals surface area contributed by atoms with Crippen LogP contribution in [0.1, 0.15) is 39.7 Å². The molecule has 1 rings (SSSR count). The maximum absolute atomic E-state index is 13.3. The molecule has 0 spiro atoms. The highest BCUT2D eigenvalue weighted by molar-refractivity contribution is 6.76. The minimum Gasteiger partial charge on any atom is -0.463 e. The summed E-state index contributed by atoms with van der Waals surface area (Å²) in [5.74, 6) is -0.845. The Kier molecular flexibility index (Phi) is 10.8. The second-order valence-corrected chi connectivity index (χ2v) is 13.9. The fraction of sp³-hybridized carbons (Fsp3) is 0.500. The van der Waals surface area contributed by atoms with Gasteiger partial charge in [-0.25, -0.2) is 4.79 Å². The number of Topliss-reactive ketones (excluding diaryl/α,β-unsaturated/α-hetero) is 1. The summed E-state index contributed by atoms with van der Waals surface area (Å²) in [6, 6.07) is 10.7. The van der Waals surface area contributed by atoms with Gasteiger partial charge in [0.15, 0.2) is 12.6 Å². The number of benzene rings is 1. The standard InChI is InChI=1S/C24H36O5Si/c1-8-21(24(26)28-9-2)23(29-17-27-15-16-30(5,6)7)22(25)19(4)18(3)20-13-11-10-12-14-20/h10-14H,8-9,15-17H2,1-7H3/b19-18+,23-21-. The van der Waals surface area contributed by atoms with Crippen molar-refractivity contribution >= 4 is 25.4 Å². The van der Waals surface area contributed by atoms with E-state index in [1.165, 1.54) is 0 Å². The van der Waals surface area contributed by atoms with Crippen LogP contribution in [0, 0.1) is 0 Å². The summed E-state index contributed by atoms with van der Waals surface area (Å²) >= 11 is 0. The Hall–Kier alpha value is -2.18. The van der Waals surface area contributed by atoms with Crippen LogP contribution in [0.25, 0.3) is 5.57 Å². The van der Waals surface area contributed by atoms with Crippen LogP contribution in [-0.4, -0.2) is 39.8 Å². The second kappa shape index (κ2) is 12.5. The predicted octanol–water partition coefficient (Wildman–Crippen LogP) is 5.61. The number of allylic oxidation sites excluding steroid dienone is 2. The van der Waals surface area contributed by atoms with E-state index in [9.17, 15) is 9.59 Å². The van der Waals surface area contributed by atoms with Crippen molar-refractivity contribution in [2.75, 3.05) is 20.0 Å². The summed E-state index contributed by atoms with van der Waals surface area (Å²) in [6.07, 6.45) is 0.326. The number of carbonyl (C=O) groups is 2. The van der Waals surface area contributed by atoms with E-state index in [4.69, 9.17) is 14.2 Å². The summed E-state index contributed by atoms with van der Waals surface area (Å²) in [7, 11) is -1.22. The Morgan fingerprint density at radius 2 is 1.60 bits per heavy atom. The van der Waals surface area contributed by atoms with Gasteiger partial charge in [0.2, 0.25) is 5.78 Å². The Morgan fingerprint density at radius 1 is 0.967 bits per heavy atom.